The maximum absolute atomic E-state index is 14.2. The van der Waals surface area contributed by atoms with Crippen molar-refractivity contribution in [2.24, 2.45) is 4.99 Å². The van der Waals surface area contributed by atoms with E-state index in [2.05, 4.69) is 92.4 Å². The van der Waals surface area contributed by atoms with E-state index in [9.17, 15) is 14.4 Å². The molecule has 0 saturated carbocycles. The van der Waals surface area contributed by atoms with Crippen LogP contribution < -0.4 is 10.1 Å². The van der Waals surface area contributed by atoms with E-state index in [4.69, 9.17) is 4.74 Å². The van der Waals surface area contributed by atoms with Gasteiger partial charge in [-0.3, -0.25) is 19.3 Å². The first-order valence-corrected chi connectivity index (χ1v) is 20.2. The van der Waals surface area contributed by atoms with Gasteiger partial charge in [-0.25, -0.2) is 0 Å². The van der Waals surface area contributed by atoms with Crippen molar-refractivity contribution >= 4 is 96.7 Å². The number of carbonyl (C=O) groups excluding carboxylic acids is 3. The Hall–Kier alpha value is -4.79. The third kappa shape index (κ3) is 9.46. The maximum atomic E-state index is 14.2. The highest BCUT2D eigenvalue weighted by atomic mass is 127. The van der Waals surface area contributed by atoms with Crippen LogP contribution in [0.2, 0.25) is 0 Å². The summed E-state index contributed by atoms with van der Waals surface area (Å²) in [4.78, 5) is 47.0. The minimum absolute atomic E-state index is 0.0790. The van der Waals surface area contributed by atoms with Gasteiger partial charge in [0.25, 0.3) is 11.8 Å². The molecule has 270 valence electrons. The molecule has 1 aliphatic heterocycles. The Morgan fingerprint density at radius 3 is 2.15 bits per heavy atom. The lowest BCUT2D eigenvalue weighted by Crippen LogP contribution is -2.42. The minimum atomic E-state index is -0.685. The summed E-state index contributed by atoms with van der Waals surface area (Å²) in [5, 5.41) is 5.54. The van der Waals surface area contributed by atoms with Gasteiger partial charge in [0.1, 0.15) is 17.9 Å². The number of amides is 3. The Balaban J connectivity index is 1.23. The molecule has 0 unspecified atom stereocenters. The molecular weight excluding hydrogens is 920 g/mol. The van der Waals surface area contributed by atoms with Gasteiger partial charge < -0.3 is 10.1 Å². The van der Waals surface area contributed by atoms with E-state index in [1.165, 1.54) is 10.3 Å². The molecule has 0 radical (unpaired) electrons. The molecule has 5 aromatic carbocycles. The van der Waals surface area contributed by atoms with Crippen LogP contribution in [0.1, 0.15) is 35.2 Å². The van der Waals surface area contributed by atoms with Gasteiger partial charge in [-0.15, -0.1) is 0 Å². The summed E-state index contributed by atoms with van der Waals surface area (Å²) in [5.41, 5.74) is 3.95. The molecule has 0 aromatic heterocycles. The first-order valence-electron chi connectivity index (χ1n) is 17.0. The van der Waals surface area contributed by atoms with E-state index in [1.807, 2.05) is 84.9 Å². The molecular formula is C44H35I2N3O4S. The minimum Gasteiger partial charge on any atom is -0.487 e. The molecule has 1 N–H and O–H groups in total. The maximum Gasteiger partial charge on any atom is 0.285 e. The number of amidine groups is 1. The number of hydrogen-bond donors (Lipinski definition) is 1. The predicted octanol–water partition coefficient (Wildman–Crippen LogP) is 10.0. The molecule has 54 heavy (non-hydrogen) atoms. The fourth-order valence-electron chi connectivity index (χ4n) is 5.84. The van der Waals surface area contributed by atoms with Crippen LogP contribution in [0, 0.1) is 7.14 Å². The number of hydrogen-bond acceptors (Lipinski definition) is 5. The lowest BCUT2D eigenvalue weighted by atomic mass is 9.99. The van der Waals surface area contributed by atoms with E-state index >= 15 is 0 Å². The van der Waals surface area contributed by atoms with Crippen LogP contribution in [0.4, 0.5) is 0 Å². The molecule has 7 nitrogen and oxygen atoms in total. The van der Waals surface area contributed by atoms with Crippen LogP contribution in [0.5, 0.6) is 5.75 Å². The first kappa shape index (κ1) is 38.9. The first-order chi connectivity index (χ1) is 26.2. The smallest absolute Gasteiger partial charge is 0.285 e. The number of aliphatic imine (C=N–C) groups is 1. The largest absolute Gasteiger partial charge is 0.487 e. The van der Waals surface area contributed by atoms with Crippen molar-refractivity contribution in [3.8, 4) is 5.75 Å². The Kier molecular flexibility index (Phi) is 13.3. The Labute approximate surface area is 346 Å². The van der Waals surface area contributed by atoms with Gasteiger partial charge >= 0.3 is 0 Å². The quantitative estimate of drug-likeness (QED) is 0.0583. The zero-order valence-corrected chi connectivity index (χ0v) is 34.4. The second-order valence-corrected chi connectivity index (χ2v) is 15.4. The number of nitrogens with one attached hydrogen (secondary N) is 1. The van der Waals surface area contributed by atoms with E-state index in [0.29, 0.717) is 17.9 Å². The number of nitrogens with zero attached hydrogens (tertiary/aromatic N) is 2. The van der Waals surface area contributed by atoms with Crippen LogP contribution in [0.15, 0.2) is 162 Å². The number of fused-ring (bicyclic) bond motifs is 1. The highest BCUT2D eigenvalue weighted by Crippen LogP contribution is 2.33. The highest BCUT2D eigenvalue weighted by Gasteiger charge is 2.35. The number of benzene rings is 5. The number of halogens is 2. The van der Waals surface area contributed by atoms with Gasteiger partial charge in [0.05, 0.1) is 18.9 Å². The van der Waals surface area contributed by atoms with Crippen molar-refractivity contribution in [2.45, 2.75) is 19.6 Å². The fraction of sp³-hybridized carbons (Fsp3) is 0.0909. The summed E-state index contributed by atoms with van der Waals surface area (Å²) in [5.74, 6) is -0.873. The number of thioether (sulfide) groups is 1. The van der Waals surface area contributed by atoms with Crippen molar-refractivity contribution in [3.63, 3.8) is 0 Å². The van der Waals surface area contributed by atoms with Crippen LogP contribution >= 0.6 is 56.9 Å². The normalized spacial score (nSPS) is 14.2. The van der Waals surface area contributed by atoms with E-state index < -0.39 is 11.8 Å². The van der Waals surface area contributed by atoms with Crippen molar-refractivity contribution in [3.05, 3.63) is 187 Å². The van der Waals surface area contributed by atoms with Gasteiger partial charge in [-0.1, -0.05) is 134 Å². The van der Waals surface area contributed by atoms with Crippen molar-refractivity contribution in [2.75, 3.05) is 5.75 Å². The average molecular weight is 956 g/mol. The number of allylic oxidation sites excluding steroid dienone is 4. The standard InChI is InChI=1S/C44H35I2N3O4S/c1-3-5-20-35(4-2)49-43(52)36(24-30-25-37(45)41(38(46)26-30)53-27-29-21-22-31-14-12-13-19-34(31)23-29)42(51)48-44(49)54-28-39(50)47-40(32-15-8-6-9-16-32)33-17-10-7-11-18-33/h3-26,40H,1,27-28H2,2H3,(H,47,50)/b20-5-,35-4+,36-24+. The second kappa shape index (κ2) is 18.5. The van der Waals surface area contributed by atoms with Gasteiger partial charge in [0.15, 0.2) is 5.17 Å². The molecule has 0 atom stereocenters. The summed E-state index contributed by atoms with van der Waals surface area (Å²) in [6.07, 6.45) is 8.31. The Morgan fingerprint density at radius 1 is 0.889 bits per heavy atom. The van der Waals surface area contributed by atoms with Gasteiger partial charge in [-0.2, -0.15) is 4.99 Å². The molecule has 0 fully saturated rings. The van der Waals surface area contributed by atoms with E-state index in [1.54, 1.807) is 37.3 Å². The van der Waals surface area contributed by atoms with E-state index in [0.717, 1.165) is 46.7 Å². The number of rotatable bonds is 12. The number of ether oxygens (including phenoxy) is 1. The van der Waals surface area contributed by atoms with E-state index in [-0.39, 0.29) is 28.4 Å². The highest BCUT2D eigenvalue weighted by molar-refractivity contribution is 14.1. The van der Waals surface area contributed by atoms with Crippen LogP contribution in [-0.2, 0) is 21.0 Å². The summed E-state index contributed by atoms with van der Waals surface area (Å²) < 4.78 is 7.93. The third-order valence-corrected chi connectivity index (χ3v) is 11.0. The summed E-state index contributed by atoms with van der Waals surface area (Å²) in [7, 11) is 0. The Bertz CT molecular complexity index is 2280. The molecule has 10 heteroatoms. The number of carbonyl (C=O) groups is 3. The molecule has 3 amide bonds. The molecule has 5 aromatic rings. The molecule has 0 bridgehead atoms. The van der Waals surface area contributed by atoms with Gasteiger partial charge in [0, 0.05) is 5.70 Å². The molecule has 1 aliphatic rings. The monoisotopic (exact) mass is 955 g/mol. The molecule has 0 spiro atoms. The average Bonchev–Trinajstić information content (AvgIpc) is 3.19. The molecule has 6 rings (SSSR count). The zero-order valence-electron chi connectivity index (χ0n) is 29.2. The van der Waals surface area contributed by atoms with Crippen LogP contribution in [0.3, 0.4) is 0 Å². The molecule has 0 saturated heterocycles. The lowest BCUT2D eigenvalue weighted by Gasteiger charge is -2.28. The van der Waals surface area contributed by atoms with Gasteiger partial charge in [-0.05, 0) is 115 Å². The molecule has 0 aliphatic carbocycles. The summed E-state index contributed by atoms with van der Waals surface area (Å²) >= 11 is 5.44. The van der Waals surface area contributed by atoms with Gasteiger partial charge in [0.2, 0.25) is 5.91 Å². The van der Waals surface area contributed by atoms with Crippen molar-refractivity contribution < 1.29 is 19.1 Å². The lowest BCUT2D eigenvalue weighted by molar-refractivity contribution is -0.126. The van der Waals surface area contributed by atoms with Crippen LogP contribution in [-0.4, -0.2) is 33.5 Å². The zero-order chi connectivity index (χ0) is 38.0. The summed E-state index contributed by atoms with van der Waals surface area (Å²) in [6, 6.07) is 37.2. The van der Waals surface area contributed by atoms with Crippen molar-refractivity contribution in [1.29, 1.82) is 0 Å². The SMILES string of the molecule is C=C/C=C\C(=C/C)N1C(=O)/C(=C/c2cc(I)c(OCc3ccc4ccccc4c3)c(I)c2)C(=O)N=C1SCC(=O)NC(c1ccccc1)c1ccccc1. The van der Waals surface area contributed by atoms with Crippen molar-refractivity contribution in [1.82, 2.24) is 10.2 Å². The van der Waals surface area contributed by atoms with Crippen LogP contribution in [0.25, 0.3) is 16.8 Å². The summed E-state index contributed by atoms with van der Waals surface area (Å²) in [6.45, 7) is 5.93. The fourth-order valence-corrected chi connectivity index (χ4v) is 8.78. The predicted molar refractivity (Wildman–Crippen MR) is 236 cm³/mol. The molecule has 1 heterocycles. The second-order valence-electron chi connectivity index (χ2n) is 12.1. The third-order valence-electron chi connectivity index (χ3n) is 8.44. The Morgan fingerprint density at radius 2 is 1.52 bits per heavy atom. The topological polar surface area (TPSA) is 88.1 Å².